The van der Waals surface area contributed by atoms with E-state index in [1.807, 2.05) is 30.6 Å². The highest BCUT2D eigenvalue weighted by Gasteiger charge is 2.16. The largest absolute Gasteiger partial charge is 0.349 e. The maximum absolute atomic E-state index is 12.4. The van der Waals surface area contributed by atoms with Gasteiger partial charge in [-0.2, -0.15) is 11.3 Å². The number of thiazole rings is 1. The Morgan fingerprint density at radius 1 is 1.35 bits per heavy atom. The fourth-order valence-electron chi connectivity index (χ4n) is 2.38. The van der Waals surface area contributed by atoms with Crippen molar-refractivity contribution in [2.75, 3.05) is 0 Å². The van der Waals surface area contributed by atoms with Crippen molar-refractivity contribution >= 4 is 28.6 Å². The number of rotatable bonds is 6. The second kappa shape index (κ2) is 7.48. The van der Waals surface area contributed by atoms with Crippen molar-refractivity contribution in [3.05, 3.63) is 68.6 Å². The third-order valence-electron chi connectivity index (χ3n) is 3.45. The standard InChI is InChI=1S/C17H17N3OS2/c1-12-19-15(11-23-12)8-17(21)20-16(7-13-4-6-22-10-13)14-3-2-5-18-9-14/h2-6,9-11,16H,7-8H2,1H3,(H,20,21)/t16-/m0/s1. The number of aromatic nitrogens is 2. The molecule has 118 valence electrons. The Hall–Kier alpha value is -2.05. The first-order valence-corrected chi connectivity index (χ1v) is 9.14. The summed E-state index contributed by atoms with van der Waals surface area (Å²) in [6.45, 7) is 1.95. The van der Waals surface area contributed by atoms with Gasteiger partial charge in [-0.3, -0.25) is 9.78 Å². The number of aryl methyl sites for hydroxylation is 1. The zero-order valence-corrected chi connectivity index (χ0v) is 14.4. The fourth-order valence-corrected chi connectivity index (χ4v) is 3.67. The van der Waals surface area contributed by atoms with Gasteiger partial charge in [-0.05, 0) is 47.4 Å². The number of hydrogen-bond donors (Lipinski definition) is 1. The first-order chi connectivity index (χ1) is 11.2. The Balaban J connectivity index is 1.71. The van der Waals surface area contributed by atoms with Crippen LogP contribution in [0.2, 0.25) is 0 Å². The van der Waals surface area contributed by atoms with Crippen LogP contribution in [0.25, 0.3) is 0 Å². The van der Waals surface area contributed by atoms with E-state index in [9.17, 15) is 4.79 Å². The minimum atomic E-state index is -0.0782. The van der Waals surface area contributed by atoms with E-state index in [2.05, 4.69) is 32.1 Å². The SMILES string of the molecule is Cc1nc(CC(=O)N[C@@H](Cc2ccsc2)c2cccnc2)cs1. The quantitative estimate of drug-likeness (QED) is 0.745. The number of nitrogens with one attached hydrogen (secondary N) is 1. The maximum atomic E-state index is 12.4. The Labute approximate surface area is 143 Å². The number of amides is 1. The lowest BCUT2D eigenvalue weighted by molar-refractivity contribution is -0.121. The van der Waals surface area contributed by atoms with Crippen LogP contribution in [0.5, 0.6) is 0 Å². The van der Waals surface area contributed by atoms with Gasteiger partial charge in [0.25, 0.3) is 0 Å². The molecule has 0 saturated carbocycles. The van der Waals surface area contributed by atoms with Crippen LogP contribution in [0.3, 0.4) is 0 Å². The molecule has 0 radical (unpaired) electrons. The molecule has 3 aromatic heterocycles. The summed E-state index contributed by atoms with van der Waals surface area (Å²) >= 11 is 3.23. The molecule has 3 aromatic rings. The van der Waals surface area contributed by atoms with Crippen molar-refractivity contribution in [2.45, 2.75) is 25.8 Å². The predicted molar refractivity (Wildman–Crippen MR) is 93.7 cm³/mol. The van der Waals surface area contributed by atoms with Crippen molar-refractivity contribution < 1.29 is 4.79 Å². The van der Waals surface area contributed by atoms with Crippen LogP contribution in [0, 0.1) is 6.92 Å². The molecule has 3 heterocycles. The van der Waals surface area contributed by atoms with E-state index in [4.69, 9.17) is 0 Å². The number of hydrogen-bond acceptors (Lipinski definition) is 5. The highest BCUT2D eigenvalue weighted by Crippen LogP contribution is 2.20. The normalized spacial score (nSPS) is 12.0. The van der Waals surface area contributed by atoms with Crippen LogP contribution < -0.4 is 5.32 Å². The molecule has 0 saturated heterocycles. The predicted octanol–water partition coefficient (Wildman–Crippen LogP) is 3.55. The van der Waals surface area contributed by atoms with E-state index < -0.39 is 0 Å². The molecule has 0 bridgehead atoms. The molecule has 0 aliphatic heterocycles. The third kappa shape index (κ3) is 4.46. The molecule has 0 aromatic carbocycles. The zero-order chi connectivity index (χ0) is 16.1. The van der Waals surface area contributed by atoms with E-state index in [1.165, 1.54) is 5.56 Å². The van der Waals surface area contributed by atoms with Crippen molar-refractivity contribution in [3.63, 3.8) is 0 Å². The van der Waals surface area contributed by atoms with Crippen LogP contribution in [0.1, 0.15) is 27.9 Å². The summed E-state index contributed by atoms with van der Waals surface area (Å²) in [5.41, 5.74) is 3.06. The minimum Gasteiger partial charge on any atom is -0.349 e. The molecule has 1 atom stereocenters. The molecule has 3 rings (SSSR count). The van der Waals surface area contributed by atoms with Gasteiger partial charge in [-0.25, -0.2) is 4.98 Å². The van der Waals surface area contributed by atoms with Crippen LogP contribution in [-0.2, 0) is 17.6 Å². The Bertz CT molecular complexity index is 753. The fraction of sp³-hybridized carbons (Fsp3) is 0.235. The smallest absolute Gasteiger partial charge is 0.226 e. The van der Waals surface area contributed by atoms with Crippen LogP contribution in [0.4, 0.5) is 0 Å². The van der Waals surface area contributed by atoms with E-state index in [1.54, 1.807) is 28.9 Å². The summed E-state index contributed by atoms with van der Waals surface area (Å²) in [7, 11) is 0. The van der Waals surface area contributed by atoms with E-state index >= 15 is 0 Å². The lowest BCUT2D eigenvalue weighted by Crippen LogP contribution is -2.31. The van der Waals surface area contributed by atoms with Crippen molar-refractivity contribution in [1.29, 1.82) is 0 Å². The van der Waals surface area contributed by atoms with E-state index in [0.29, 0.717) is 6.42 Å². The first-order valence-electron chi connectivity index (χ1n) is 7.32. The van der Waals surface area contributed by atoms with Gasteiger partial charge in [-0.15, -0.1) is 11.3 Å². The molecule has 23 heavy (non-hydrogen) atoms. The third-order valence-corrected chi connectivity index (χ3v) is 5.00. The zero-order valence-electron chi connectivity index (χ0n) is 12.7. The topological polar surface area (TPSA) is 54.9 Å². The Morgan fingerprint density at radius 3 is 2.91 bits per heavy atom. The summed E-state index contributed by atoms with van der Waals surface area (Å²) in [6, 6.07) is 5.90. The first kappa shape index (κ1) is 15.8. The highest BCUT2D eigenvalue weighted by atomic mass is 32.1. The van der Waals surface area contributed by atoms with Gasteiger partial charge in [0, 0.05) is 17.8 Å². The van der Waals surface area contributed by atoms with Gasteiger partial charge in [0.1, 0.15) is 0 Å². The minimum absolute atomic E-state index is 0.0145. The van der Waals surface area contributed by atoms with E-state index in [-0.39, 0.29) is 11.9 Å². The molecule has 1 amide bonds. The Morgan fingerprint density at radius 2 is 2.26 bits per heavy atom. The summed E-state index contributed by atoms with van der Waals surface area (Å²) in [5.74, 6) is -0.0145. The maximum Gasteiger partial charge on any atom is 0.226 e. The molecule has 0 spiro atoms. The van der Waals surface area contributed by atoms with E-state index in [0.717, 1.165) is 22.7 Å². The van der Waals surface area contributed by atoms with Gasteiger partial charge >= 0.3 is 0 Å². The van der Waals surface area contributed by atoms with Crippen LogP contribution in [0.15, 0.2) is 46.7 Å². The number of pyridine rings is 1. The average Bonchev–Trinajstić information content (AvgIpc) is 3.19. The average molecular weight is 343 g/mol. The van der Waals surface area contributed by atoms with Crippen molar-refractivity contribution in [1.82, 2.24) is 15.3 Å². The monoisotopic (exact) mass is 343 g/mol. The summed E-state index contributed by atoms with van der Waals surface area (Å²) in [6.07, 6.45) is 4.62. The summed E-state index contributed by atoms with van der Waals surface area (Å²) < 4.78 is 0. The lowest BCUT2D eigenvalue weighted by Gasteiger charge is -2.18. The Kier molecular flexibility index (Phi) is 5.15. The summed E-state index contributed by atoms with van der Waals surface area (Å²) in [5, 5.41) is 10.2. The van der Waals surface area contributed by atoms with Gasteiger partial charge in [0.15, 0.2) is 0 Å². The molecule has 6 heteroatoms. The highest BCUT2D eigenvalue weighted by molar-refractivity contribution is 7.09. The van der Waals surface area contributed by atoms with Gasteiger partial charge < -0.3 is 5.32 Å². The van der Waals surface area contributed by atoms with Crippen LogP contribution >= 0.6 is 22.7 Å². The molecule has 0 unspecified atom stereocenters. The van der Waals surface area contributed by atoms with Crippen molar-refractivity contribution in [2.24, 2.45) is 0 Å². The van der Waals surface area contributed by atoms with Gasteiger partial charge in [-0.1, -0.05) is 6.07 Å². The molecular weight excluding hydrogens is 326 g/mol. The number of carbonyl (C=O) groups is 1. The molecule has 4 nitrogen and oxygen atoms in total. The second-order valence-electron chi connectivity index (χ2n) is 5.28. The van der Waals surface area contributed by atoms with Crippen LogP contribution in [-0.4, -0.2) is 15.9 Å². The molecule has 0 aliphatic carbocycles. The molecule has 1 N–H and O–H groups in total. The lowest BCUT2D eigenvalue weighted by atomic mass is 10.0. The number of thiophene rings is 1. The number of nitrogens with zero attached hydrogens (tertiary/aromatic N) is 2. The van der Waals surface area contributed by atoms with Gasteiger partial charge in [0.05, 0.1) is 23.2 Å². The van der Waals surface area contributed by atoms with Crippen molar-refractivity contribution in [3.8, 4) is 0 Å². The molecular formula is C17H17N3OS2. The summed E-state index contributed by atoms with van der Waals surface area (Å²) in [4.78, 5) is 20.9. The molecule has 0 aliphatic rings. The molecule has 0 fully saturated rings. The van der Waals surface area contributed by atoms with Gasteiger partial charge in [0.2, 0.25) is 5.91 Å². The second-order valence-corrected chi connectivity index (χ2v) is 7.12. The number of carbonyl (C=O) groups excluding carboxylic acids is 1.